The van der Waals surface area contributed by atoms with Crippen molar-refractivity contribution in [3.05, 3.63) is 29.6 Å². The van der Waals surface area contributed by atoms with Crippen molar-refractivity contribution in [2.75, 3.05) is 13.7 Å². The van der Waals surface area contributed by atoms with Gasteiger partial charge in [0, 0.05) is 25.0 Å². The van der Waals surface area contributed by atoms with Gasteiger partial charge in [-0.15, -0.1) is 0 Å². The quantitative estimate of drug-likeness (QED) is 0.873. The van der Waals surface area contributed by atoms with Gasteiger partial charge in [0.1, 0.15) is 0 Å². The predicted molar refractivity (Wildman–Crippen MR) is 70.5 cm³/mol. The fourth-order valence-corrected chi connectivity index (χ4v) is 2.27. The molecule has 1 fully saturated rings. The molecule has 1 amide bonds. The number of hydrogen-bond donors (Lipinski definition) is 2. The second-order valence-electron chi connectivity index (χ2n) is 4.82. The molecule has 104 valence electrons. The lowest BCUT2D eigenvalue weighted by atomic mass is 10.0. The summed E-state index contributed by atoms with van der Waals surface area (Å²) < 4.78 is 18.3. The highest BCUT2D eigenvalue weighted by molar-refractivity contribution is 5.76. The molecule has 0 aliphatic carbocycles. The first-order valence-corrected chi connectivity index (χ1v) is 6.46. The van der Waals surface area contributed by atoms with Crippen molar-refractivity contribution in [1.82, 2.24) is 10.6 Å². The van der Waals surface area contributed by atoms with Crippen LogP contribution in [0.15, 0.2) is 18.2 Å². The third kappa shape index (κ3) is 3.44. The number of halogens is 1. The second kappa shape index (κ2) is 6.02. The van der Waals surface area contributed by atoms with E-state index >= 15 is 0 Å². The molecule has 0 aromatic heterocycles. The summed E-state index contributed by atoms with van der Waals surface area (Å²) in [6.45, 7) is 2.66. The Morgan fingerprint density at radius 2 is 2.32 bits per heavy atom. The number of piperidine rings is 1. The van der Waals surface area contributed by atoms with Crippen molar-refractivity contribution in [2.24, 2.45) is 0 Å². The van der Waals surface area contributed by atoms with Crippen LogP contribution in [0.3, 0.4) is 0 Å². The Labute approximate surface area is 112 Å². The zero-order valence-electron chi connectivity index (χ0n) is 11.2. The van der Waals surface area contributed by atoms with E-state index in [2.05, 4.69) is 10.6 Å². The number of carbonyl (C=O) groups is 1. The van der Waals surface area contributed by atoms with Crippen molar-refractivity contribution in [3.8, 4) is 5.75 Å². The zero-order valence-corrected chi connectivity index (χ0v) is 11.2. The molecule has 2 rings (SSSR count). The Kier molecular flexibility index (Phi) is 4.37. The van der Waals surface area contributed by atoms with E-state index in [9.17, 15) is 9.18 Å². The summed E-state index contributed by atoms with van der Waals surface area (Å²) in [5.74, 6) is 0.000584. The van der Waals surface area contributed by atoms with E-state index in [1.165, 1.54) is 13.2 Å². The van der Waals surface area contributed by atoms with Gasteiger partial charge in [-0.2, -0.15) is 0 Å². The molecule has 1 aromatic carbocycles. The summed E-state index contributed by atoms with van der Waals surface area (Å²) in [7, 11) is 1.46. The first-order chi connectivity index (χ1) is 9.10. The molecule has 19 heavy (non-hydrogen) atoms. The van der Waals surface area contributed by atoms with Gasteiger partial charge in [0.15, 0.2) is 11.6 Å². The van der Waals surface area contributed by atoms with Crippen LogP contribution in [0.2, 0.25) is 0 Å². The van der Waals surface area contributed by atoms with Gasteiger partial charge in [0.05, 0.1) is 7.11 Å². The zero-order chi connectivity index (χ0) is 13.8. The van der Waals surface area contributed by atoms with Gasteiger partial charge < -0.3 is 15.4 Å². The molecule has 1 aliphatic rings. The van der Waals surface area contributed by atoms with Gasteiger partial charge >= 0.3 is 0 Å². The van der Waals surface area contributed by atoms with Crippen LogP contribution in [-0.2, 0) is 4.79 Å². The van der Waals surface area contributed by atoms with Crippen LogP contribution in [0.4, 0.5) is 4.39 Å². The van der Waals surface area contributed by atoms with Crippen LogP contribution in [0, 0.1) is 5.82 Å². The monoisotopic (exact) mass is 266 g/mol. The molecular formula is C14H19FN2O2. The van der Waals surface area contributed by atoms with Crippen LogP contribution in [-0.4, -0.2) is 25.6 Å². The third-order valence-electron chi connectivity index (χ3n) is 3.43. The van der Waals surface area contributed by atoms with Crippen LogP contribution in [0.5, 0.6) is 5.75 Å². The number of benzene rings is 1. The van der Waals surface area contributed by atoms with E-state index < -0.39 is 0 Å². The van der Waals surface area contributed by atoms with Gasteiger partial charge in [-0.3, -0.25) is 4.79 Å². The molecule has 1 aromatic rings. The summed E-state index contributed by atoms with van der Waals surface area (Å²) in [6, 6.07) is 5.19. The lowest BCUT2D eigenvalue weighted by molar-refractivity contribution is -0.122. The van der Waals surface area contributed by atoms with Gasteiger partial charge in [-0.1, -0.05) is 6.07 Å². The molecule has 2 atom stereocenters. The molecule has 1 heterocycles. The summed E-state index contributed by atoms with van der Waals surface area (Å²) in [5.41, 5.74) is 0.968. The van der Waals surface area contributed by atoms with Crippen LogP contribution < -0.4 is 15.4 Å². The molecule has 1 aliphatic heterocycles. The van der Waals surface area contributed by atoms with E-state index in [4.69, 9.17) is 4.74 Å². The van der Waals surface area contributed by atoms with E-state index in [-0.39, 0.29) is 29.6 Å². The number of rotatable bonds is 4. The van der Waals surface area contributed by atoms with Gasteiger partial charge in [0.25, 0.3) is 0 Å². The third-order valence-corrected chi connectivity index (χ3v) is 3.43. The van der Waals surface area contributed by atoms with E-state index in [0.717, 1.165) is 12.0 Å². The lowest BCUT2D eigenvalue weighted by Crippen LogP contribution is -2.46. The normalized spacial score (nSPS) is 20.8. The predicted octanol–water partition coefficient (Wildman–Crippen LogP) is 1.76. The Balaban J connectivity index is 1.99. The fraction of sp³-hybridized carbons (Fsp3) is 0.500. The highest BCUT2D eigenvalue weighted by atomic mass is 19.1. The maximum atomic E-state index is 13.3. The number of amides is 1. The fourth-order valence-electron chi connectivity index (χ4n) is 2.27. The molecule has 0 bridgehead atoms. The van der Waals surface area contributed by atoms with E-state index in [1.807, 2.05) is 6.92 Å². The van der Waals surface area contributed by atoms with Gasteiger partial charge in [0.2, 0.25) is 5.91 Å². The maximum absolute atomic E-state index is 13.3. The molecule has 2 unspecified atom stereocenters. The molecule has 0 radical (unpaired) electrons. The Hall–Kier alpha value is -1.62. The average molecular weight is 266 g/mol. The highest BCUT2D eigenvalue weighted by Gasteiger charge is 2.20. The summed E-state index contributed by atoms with van der Waals surface area (Å²) >= 11 is 0. The SMILES string of the molecule is COc1cc(C(C)NC2CCC(=O)NC2)ccc1F. The van der Waals surface area contributed by atoms with Crippen LogP contribution >= 0.6 is 0 Å². The van der Waals surface area contributed by atoms with Gasteiger partial charge in [-0.25, -0.2) is 4.39 Å². The number of nitrogens with one attached hydrogen (secondary N) is 2. The number of ether oxygens (including phenoxy) is 1. The second-order valence-corrected chi connectivity index (χ2v) is 4.82. The van der Waals surface area contributed by atoms with Crippen molar-refractivity contribution in [3.63, 3.8) is 0 Å². The van der Waals surface area contributed by atoms with Crippen LogP contribution in [0.1, 0.15) is 31.4 Å². The molecule has 1 saturated heterocycles. The average Bonchev–Trinajstić information content (AvgIpc) is 2.42. The Bertz CT molecular complexity index is 455. The van der Waals surface area contributed by atoms with Crippen molar-refractivity contribution < 1.29 is 13.9 Å². The van der Waals surface area contributed by atoms with Crippen molar-refractivity contribution >= 4 is 5.91 Å². The molecule has 0 saturated carbocycles. The van der Waals surface area contributed by atoms with Crippen molar-refractivity contribution in [1.29, 1.82) is 0 Å². The minimum absolute atomic E-state index is 0.0782. The van der Waals surface area contributed by atoms with Gasteiger partial charge in [-0.05, 0) is 31.0 Å². The highest BCUT2D eigenvalue weighted by Crippen LogP contribution is 2.23. The molecule has 0 spiro atoms. The Morgan fingerprint density at radius 3 is 2.95 bits per heavy atom. The molecule has 5 heteroatoms. The number of hydrogen-bond acceptors (Lipinski definition) is 3. The first kappa shape index (κ1) is 13.8. The summed E-state index contributed by atoms with van der Waals surface area (Å²) in [6.07, 6.45) is 1.38. The molecule has 2 N–H and O–H groups in total. The smallest absolute Gasteiger partial charge is 0.220 e. The van der Waals surface area contributed by atoms with E-state index in [1.54, 1.807) is 12.1 Å². The first-order valence-electron chi connectivity index (χ1n) is 6.46. The number of carbonyl (C=O) groups excluding carboxylic acids is 1. The topological polar surface area (TPSA) is 50.4 Å². The minimum Gasteiger partial charge on any atom is -0.494 e. The largest absolute Gasteiger partial charge is 0.494 e. The maximum Gasteiger partial charge on any atom is 0.220 e. The summed E-state index contributed by atoms with van der Waals surface area (Å²) in [5, 5.41) is 6.27. The van der Waals surface area contributed by atoms with E-state index in [0.29, 0.717) is 13.0 Å². The number of methoxy groups -OCH3 is 1. The minimum atomic E-state index is -0.358. The standard InChI is InChI=1S/C14H19FN2O2/c1-9(17-11-4-6-14(18)16-8-11)10-3-5-12(15)13(7-10)19-2/h3,5,7,9,11,17H,4,6,8H2,1-2H3,(H,16,18). The summed E-state index contributed by atoms with van der Waals surface area (Å²) in [4.78, 5) is 11.1. The molecular weight excluding hydrogens is 247 g/mol. The Morgan fingerprint density at radius 1 is 1.53 bits per heavy atom. The molecule has 4 nitrogen and oxygen atoms in total. The van der Waals surface area contributed by atoms with Crippen molar-refractivity contribution in [2.45, 2.75) is 31.8 Å². The van der Waals surface area contributed by atoms with Crippen LogP contribution in [0.25, 0.3) is 0 Å². The lowest BCUT2D eigenvalue weighted by Gasteiger charge is -2.27.